The number of carbonyl (C=O) groups excluding carboxylic acids is 5. The van der Waals surface area contributed by atoms with Crippen molar-refractivity contribution in [2.24, 2.45) is 5.92 Å². The Morgan fingerprint density at radius 3 is 2.59 bits per heavy atom. The van der Waals surface area contributed by atoms with Gasteiger partial charge in [0.15, 0.2) is 0 Å². The molecule has 6 atom stereocenters. The van der Waals surface area contributed by atoms with E-state index >= 15 is 0 Å². The maximum atomic E-state index is 14.4. The number of nitrogens with one attached hydrogen (secondary N) is 3. The van der Waals surface area contributed by atoms with E-state index in [0.717, 1.165) is 19.0 Å². The lowest BCUT2D eigenvalue weighted by Gasteiger charge is -2.30. The summed E-state index contributed by atoms with van der Waals surface area (Å²) in [6, 6.07) is 4.55. The Hall–Kier alpha value is -5.08. The molecule has 290 valence electrons. The SMILES string of the molecule is C[C@@H](NC(=O)[C@@]12C[C@H]1/C=C\CCCCC[C@H](NC(=O)OC(C)(C)C)C(=O)N1C[C@H](OC(=O)N3Cc4cccc(F)c4C3)C[C@H]1C(=O)N2)c1ccc(F)cn1. The molecule has 0 radical (unpaired) electrons. The number of amides is 5. The Labute approximate surface area is 313 Å². The van der Waals surface area contributed by atoms with Gasteiger partial charge in [-0.1, -0.05) is 37.1 Å². The first-order valence-corrected chi connectivity index (χ1v) is 18.6. The van der Waals surface area contributed by atoms with E-state index < -0.39 is 76.9 Å². The Kier molecular flexibility index (Phi) is 11.2. The van der Waals surface area contributed by atoms with E-state index in [1.807, 2.05) is 12.2 Å². The molecule has 1 aromatic heterocycles. The average molecular weight is 751 g/mol. The number of rotatable bonds is 5. The maximum Gasteiger partial charge on any atom is 0.410 e. The van der Waals surface area contributed by atoms with Gasteiger partial charge in [0, 0.05) is 24.4 Å². The number of pyridine rings is 1. The second-order valence-corrected chi connectivity index (χ2v) is 15.6. The van der Waals surface area contributed by atoms with Crippen LogP contribution in [-0.4, -0.2) is 80.6 Å². The molecular weight excluding hydrogens is 702 g/mol. The second-order valence-electron chi connectivity index (χ2n) is 15.6. The molecule has 3 N–H and O–H groups in total. The van der Waals surface area contributed by atoms with Crippen LogP contribution in [-0.2, 0) is 36.9 Å². The molecule has 0 spiro atoms. The van der Waals surface area contributed by atoms with Crippen LogP contribution in [0, 0.1) is 17.6 Å². The first-order chi connectivity index (χ1) is 25.6. The van der Waals surface area contributed by atoms with Crippen molar-refractivity contribution in [2.45, 2.75) is 121 Å². The number of nitrogens with zero attached hydrogens (tertiary/aromatic N) is 3. The summed E-state index contributed by atoms with van der Waals surface area (Å²) in [5.41, 5.74) is -0.669. The number of ether oxygens (including phenoxy) is 2. The van der Waals surface area contributed by atoms with E-state index in [9.17, 15) is 32.8 Å². The van der Waals surface area contributed by atoms with E-state index in [2.05, 4.69) is 20.9 Å². The van der Waals surface area contributed by atoms with Gasteiger partial charge in [0.25, 0.3) is 0 Å². The van der Waals surface area contributed by atoms with Crippen molar-refractivity contribution in [2.75, 3.05) is 6.54 Å². The quantitative estimate of drug-likeness (QED) is 0.363. The van der Waals surface area contributed by atoms with Gasteiger partial charge in [0.05, 0.1) is 31.0 Å². The molecule has 13 nitrogen and oxygen atoms in total. The van der Waals surface area contributed by atoms with Crippen LogP contribution in [0.5, 0.6) is 0 Å². The zero-order chi connectivity index (χ0) is 38.8. The fourth-order valence-electron chi connectivity index (χ4n) is 7.39. The molecule has 2 fully saturated rings. The minimum atomic E-state index is -1.34. The van der Waals surface area contributed by atoms with E-state index in [0.29, 0.717) is 36.1 Å². The van der Waals surface area contributed by atoms with Crippen LogP contribution in [0.2, 0.25) is 0 Å². The Balaban J connectivity index is 1.25. The largest absolute Gasteiger partial charge is 0.444 e. The lowest BCUT2D eigenvalue weighted by Crippen LogP contribution is -2.58. The Bertz CT molecular complexity index is 1800. The van der Waals surface area contributed by atoms with Gasteiger partial charge in [0.2, 0.25) is 17.7 Å². The van der Waals surface area contributed by atoms with Crippen LogP contribution in [0.15, 0.2) is 48.7 Å². The third-order valence-electron chi connectivity index (χ3n) is 10.3. The summed E-state index contributed by atoms with van der Waals surface area (Å²) in [6.07, 6.45) is 5.90. The lowest BCUT2D eigenvalue weighted by atomic mass is 10.0. The topological polar surface area (TPSA) is 159 Å². The summed E-state index contributed by atoms with van der Waals surface area (Å²) in [4.78, 5) is 75.7. The van der Waals surface area contributed by atoms with Crippen molar-refractivity contribution in [3.8, 4) is 0 Å². The minimum Gasteiger partial charge on any atom is -0.444 e. The Morgan fingerprint density at radius 1 is 1.07 bits per heavy atom. The van der Waals surface area contributed by atoms with E-state index in [1.54, 1.807) is 39.8 Å². The Morgan fingerprint density at radius 2 is 1.87 bits per heavy atom. The number of hydrogen-bond acceptors (Lipinski definition) is 8. The van der Waals surface area contributed by atoms with Gasteiger partial charge < -0.3 is 30.3 Å². The third-order valence-corrected chi connectivity index (χ3v) is 10.3. The van der Waals surface area contributed by atoms with Gasteiger partial charge in [-0.3, -0.25) is 24.3 Å². The predicted molar refractivity (Wildman–Crippen MR) is 191 cm³/mol. The van der Waals surface area contributed by atoms with Crippen LogP contribution in [0.1, 0.15) is 95.5 Å². The number of allylic oxidation sites excluding steroid dienone is 1. The zero-order valence-corrected chi connectivity index (χ0v) is 31.0. The summed E-state index contributed by atoms with van der Waals surface area (Å²) in [5, 5.41) is 8.56. The van der Waals surface area contributed by atoms with Crippen molar-refractivity contribution in [3.63, 3.8) is 0 Å². The number of benzene rings is 1. The van der Waals surface area contributed by atoms with Crippen LogP contribution in [0.25, 0.3) is 0 Å². The monoisotopic (exact) mass is 750 g/mol. The summed E-state index contributed by atoms with van der Waals surface area (Å²) >= 11 is 0. The molecule has 15 heteroatoms. The van der Waals surface area contributed by atoms with Crippen molar-refractivity contribution in [3.05, 3.63) is 77.1 Å². The van der Waals surface area contributed by atoms with Crippen molar-refractivity contribution < 1.29 is 42.2 Å². The molecular formula is C39H48F2N6O7. The predicted octanol–water partition coefficient (Wildman–Crippen LogP) is 4.95. The molecule has 1 saturated heterocycles. The van der Waals surface area contributed by atoms with Gasteiger partial charge in [0.1, 0.15) is 41.0 Å². The standard InChI is InChI=1S/C39H48F2N6O7/c1-23(30-16-15-26(40)19-42-30)43-35(50)39-18-25(39)12-8-6-5-7-9-14-31(44-36(51)54-38(2,3)4)34(49)47-21-27(17-32(47)33(48)45-39)53-37(52)46-20-24-11-10-13-29(41)28(24)22-46/h8,10-13,15-16,19,23,25,27,31-32H,5-7,9,14,17-18,20-22H2,1-4H3,(H,43,50)(H,44,51)(H,45,48)/b12-8-/t23-,25-,27-,31+,32+,39-/m1/s1. The number of carbonyl (C=O) groups is 5. The highest BCUT2D eigenvalue weighted by Gasteiger charge is 2.61. The molecule has 4 aliphatic rings. The molecule has 0 unspecified atom stereocenters. The van der Waals surface area contributed by atoms with E-state index in [4.69, 9.17) is 9.47 Å². The summed E-state index contributed by atoms with van der Waals surface area (Å²) in [7, 11) is 0. The first-order valence-electron chi connectivity index (χ1n) is 18.6. The lowest BCUT2D eigenvalue weighted by molar-refractivity contribution is -0.141. The number of aromatic nitrogens is 1. The maximum absolute atomic E-state index is 14.4. The smallest absolute Gasteiger partial charge is 0.410 e. The average Bonchev–Trinajstić information content (AvgIpc) is 3.40. The zero-order valence-electron chi connectivity index (χ0n) is 31.0. The first kappa shape index (κ1) is 38.6. The highest BCUT2D eigenvalue weighted by Crippen LogP contribution is 2.46. The van der Waals surface area contributed by atoms with E-state index in [-0.39, 0.29) is 38.4 Å². The van der Waals surface area contributed by atoms with Gasteiger partial charge in [-0.25, -0.2) is 18.4 Å². The molecule has 54 heavy (non-hydrogen) atoms. The van der Waals surface area contributed by atoms with Gasteiger partial charge >= 0.3 is 12.2 Å². The molecule has 0 bridgehead atoms. The summed E-state index contributed by atoms with van der Waals surface area (Å²) in [6.45, 7) is 6.84. The molecule has 2 aromatic rings. The summed E-state index contributed by atoms with van der Waals surface area (Å²) < 4.78 is 39.3. The third kappa shape index (κ3) is 8.82. The van der Waals surface area contributed by atoms with Crippen LogP contribution < -0.4 is 16.0 Å². The van der Waals surface area contributed by atoms with Crippen LogP contribution in [0.4, 0.5) is 18.4 Å². The molecule has 6 rings (SSSR count). The number of fused-ring (bicyclic) bond motifs is 3. The van der Waals surface area contributed by atoms with Crippen molar-refractivity contribution >= 4 is 29.9 Å². The molecule has 4 heterocycles. The van der Waals surface area contributed by atoms with Gasteiger partial charge in [-0.15, -0.1) is 0 Å². The van der Waals surface area contributed by atoms with Crippen LogP contribution >= 0.6 is 0 Å². The van der Waals surface area contributed by atoms with Gasteiger partial charge in [-0.2, -0.15) is 0 Å². The molecule has 3 aliphatic heterocycles. The van der Waals surface area contributed by atoms with Gasteiger partial charge in [-0.05, 0) is 77.1 Å². The highest BCUT2D eigenvalue weighted by molar-refractivity contribution is 5.98. The molecule has 5 amide bonds. The number of hydrogen-bond donors (Lipinski definition) is 3. The molecule has 1 aromatic carbocycles. The fraction of sp³-hybridized carbons (Fsp3) is 0.538. The second kappa shape index (κ2) is 15.7. The molecule has 1 saturated carbocycles. The number of alkyl carbamates (subject to hydrolysis) is 1. The van der Waals surface area contributed by atoms with E-state index in [1.165, 1.54) is 28.0 Å². The van der Waals surface area contributed by atoms with Crippen LogP contribution in [0.3, 0.4) is 0 Å². The summed E-state index contributed by atoms with van der Waals surface area (Å²) in [5.74, 6) is -2.91. The normalized spacial score (nSPS) is 26.9. The fourth-order valence-corrected chi connectivity index (χ4v) is 7.39. The van der Waals surface area contributed by atoms with Crippen molar-refractivity contribution in [1.29, 1.82) is 0 Å². The molecule has 1 aliphatic carbocycles. The highest BCUT2D eigenvalue weighted by atomic mass is 19.1. The number of halogens is 2. The van der Waals surface area contributed by atoms with Crippen molar-refractivity contribution in [1.82, 2.24) is 30.7 Å². The minimum absolute atomic E-state index is 0.0143.